The van der Waals surface area contributed by atoms with Gasteiger partial charge in [-0.05, 0) is 12.1 Å². The standard InChI is InChI=1S/C13H11ClN2O6/c1-20-10-6-11(21-2)8(5-7(10)14)15-13(17)9-3-4-12(22-9)16(18)19/h3-6H,1-2H3,(H,15,17). The van der Waals surface area contributed by atoms with E-state index >= 15 is 0 Å². The number of anilines is 1. The van der Waals surface area contributed by atoms with Gasteiger partial charge in [-0.1, -0.05) is 11.6 Å². The van der Waals surface area contributed by atoms with Crippen LogP contribution in [-0.4, -0.2) is 25.1 Å². The van der Waals surface area contributed by atoms with Gasteiger partial charge in [0.2, 0.25) is 0 Å². The first-order chi connectivity index (χ1) is 10.5. The number of halogens is 1. The molecule has 0 aliphatic heterocycles. The Hall–Kier alpha value is -2.74. The molecule has 22 heavy (non-hydrogen) atoms. The lowest BCUT2D eigenvalue weighted by Gasteiger charge is -2.12. The second-order valence-electron chi connectivity index (χ2n) is 4.04. The molecular formula is C13H11ClN2O6. The smallest absolute Gasteiger partial charge is 0.433 e. The van der Waals surface area contributed by atoms with Crippen LogP contribution in [0.4, 0.5) is 11.6 Å². The summed E-state index contributed by atoms with van der Waals surface area (Å²) < 4.78 is 15.0. The van der Waals surface area contributed by atoms with Crippen molar-refractivity contribution in [2.45, 2.75) is 0 Å². The van der Waals surface area contributed by atoms with Gasteiger partial charge in [0.05, 0.1) is 31.0 Å². The molecule has 0 spiro atoms. The van der Waals surface area contributed by atoms with Crippen molar-refractivity contribution < 1.29 is 23.6 Å². The maximum Gasteiger partial charge on any atom is 0.433 e. The van der Waals surface area contributed by atoms with E-state index in [1.807, 2.05) is 0 Å². The number of hydrogen-bond acceptors (Lipinski definition) is 6. The number of carbonyl (C=O) groups is 1. The van der Waals surface area contributed by atoms with Gasteiger partial charge < -0.3 is 19.2 Å². The van der Waals surface area contributed by atoms with Crippen molar-refractivity contribution in [1.29, 1.82) is 0 Å². The summed E-state index contributed by atoms with van der Waals surface area (Å²) in [4.78, 5) is 21.8. The zero-order valence-electron chi connectivity index (χ0n) is 11.6. The molecule has 1 aromatic carbocycles. The predicted octanol–water partition coefficient (Wildman–Crippen LogP) is 3.11. The maximum absolute atomic E-state index is 12.0. The zero-order valence-corrected chi connectivity index (χ0v) is 12.3. The third-order valence-electron chi connectivity index (χ3n) is 2.72. The first-order valence-electron chi connectivity index (χ1n) is 5.93. The number of hydrogen-bond donors (Lipinski definition) is 1. The Bertz CT molecular complexity index is 727. The minimum atomic E-state index is -0.735. The molecule has 1 heterocycles. The summed E-state index contributed by atoms with van der Waals surface area (Å²) >= 11 is 5.99. The van der Waals surface area contributed by atoms with E-state index in [1.54, 1.807) is 0 Å². The molecule has 116 valence electrons. The number of carbonyl (C=O) groups excluding carboxylic acids is 1. The minimum Gasteiger partial charge on any atom is -0.495 e. The fourth-order valence-corrected chi connectivity index (χ4v) is 1.93. The molecule has 0 unspecified atom stereocenters. The lowest BCUT2D eigenvalue weighted by Crippen LogP contribution is -2.12. The third-order valence-corrected chi connectivity index (χ3v) is 3.01. The van der Waals surface area contributed by atoms with Gasteiger partial charge in [0.1, 0.15) is 16.4 Å². The number of rotatable bonds is 5. The molecule has 1 aromatic heterocycles. The fourth-order valence-electron chi connectivity index (χ4n) is 1.69. The van der Waals surface area contributed by atoms with E-state index in [-0.39, 0.29) is 16.5 Å². The third kappa shape index (κ3) is 3.12. The van der Waals surface area contributed by atoms with Gasteiger partial charge in [-0.25, -0.2) is 0 Å². The molecule has 0 bridgehead atoms. The summed E-state index contributed by atoms with van der Waals surface area (Å²) in [6, 6.07) is 5.23. The number of benzene rings is 1. The molecule has 0 aliphatic rings. The van der Waals surface area contributed by atoms with E-state index in [4.69, 9.17) is 25.5 Å². The van der Waals surface area contributed by atoms with Crippen LogP contribution in [-0.2, 0) is 0 Å². The molecule has 0 saturated heterocycles. The van der Waals surface area contributed by atoms with Crippen LogP contribution in [0.3, 0.4) is 0 Å². The number of amides is 1. The Kier molecular flexibility index (Phi) is 4.52. The van der Waals surface area contributed by atoms with Crippen molar-refractivity contribution in [3.8, 4) is 11.5 Å². The average Bonchev–Trinajstić information content (AvgIpc) is 2.97. The molecule has 1 N–H and O–H groups in total. The number of furan rings is 1. The molecule has 0 aliphatic carbocycles. The number of nitro groups is 1. The summed E-state index contributed by atoms with van der Waals surface area (Å²) in [5.74, 6) is -0.709. The van der Waals surface area contributed by atoms with Crippen LogP contribution in [0.1, 0.15) is 10.6 Å². The quantitative estimate of drug-likeness (QED) is 0.668. The second kappa shape index (κ2) is 6.35. The Labute approximate surface area is 129 Å². The zero-order chi connectivity index (χ0) is 16.3. The van der Waals surface area contributed by atoms with Gasteiger partial charge in [-0.2, -0.15) is 0 Å². The molecular weight excluding hydrogens is 316 g/mol. The monoisotopic (exact) mass is 326 g/mol. The number of nitrogens with zero attached hydrogens (tertiary/aromatic N) is 1. The molecule has 0 saturated carbocycles. The second-order valence-corrected chi connectivity index (χ2v) is 4.44. The highest BCUT2D eigenvalue weighted by molar-refractivity contribution is 6.32. The number of methoxy groups -OCH3 is 2. The maximum atomic E-state index is 12.0. The molecule has 1 amide bonds. The van der Waals surface area contributed by atoms with Gasteiger partial charge in [-0.3, -0.25) is 14.9 Å². The van der Waals surface area contributed by atoms with Crippen molar-refractivity contribution in [3.63, 3.8) is 0 Å². The summed E-state index contributed by atoms with van der Waals surface area (Å²) in [5, 5.41) is 13.3. The topological polar surface area (TPSA) is 104 Å². The highest BCUT2D eigenvalue weighted by Crippen LogP contribution is 2.36. The van der Waals surface area contributed by atoms with Crippen LogP contribution in [0.2, 0.25) is 5.02 Å². The molecule has 2 rings (SSSR count). The summed E-state index contributed by atoms with van der Waals surface area (Å²) in [6.07, 6.45) is 0. The predicted molar refractivity (Wildman–Crippen MR) is 77.9 cm³/mol. The van der Waals surface area contributed by atoms with E-state index < -0.39 is 16.7 Å². The Morgan fingerprint density at radius 2 is 1.95 bits per heavy atom. The number of ether oxygens (including phenoxy) is 2. The van der Waals surface area contributed by atoms with Crippen molar-refractivity contribution in [3.05, 3.63) is 45.2 Å². The van der Waals surface area contributed by atoms with Crippen molar-refractivity contribution in [2.24, 2.45) is 0 Å². The lowest BCUT2D eigenvalue weighted by atomic mass is 10.2. The van der Waals surface area contributed by atoms with E-state index in [0.717, 1.165) is 6.07 Å². The fraction of sp³-hybridized carbons (Fsp3) is 0.154. The van der Waals surface area contributed by atoms with E-state index in [0.29, 0.717) is 11.5 Å². The SMILES string of the molecule is COc1cc(OC)c(NC(=O)c2ccc([N+](=O)[O-])o2)cc1Cl. The summed E-state index contributed by atoms with van der Waals surface area (Å²) in [5.41, 5.74) is 0.275. The van der Waals surface area contributed by atoms with E-state index in [9.17, 15) is 14.9 Å². The lowest BCUT2D eigenvalue weighted by molar-refractivity contribution is -0.402. The minimum absolute atomic E-state index is 0.208. The van der Waals surface area contributed by atoms with Crippen LogP contribution in [0.25, 0.3) is 0 Å². The summed E-state index contributed by atoms with van der Waals surface area (Å²) in [6.45, 7) is 0. The average molecular weight is 327 g/mol. The van der Waals surface area contributed by atoms with Crippen LogP contribution in [0.5, 0.6) is 11.5 Å². The van der Waals surface area contributed by atoms with Gasteiger partial charge in [-0.15, -0.1) is 0 Å². The van der Waals surface area contributed by atoms with Gasteiger partial charge in [0.25, 0.3) is 5.91 Å². The van der Waals surface area contributed by atoms with Crippen molar-refractivity contribution in [2.75, 3.05) is 19.5 Å². The molecule has 0 radical (unpaired) electrons. The summed E-state index contributed by atoms with van der Waals surface area (Å²) in [7, 11) is 2.86. The van der Waals surface area contributed by atoms with Gasteiger partial charge >= 0.3 is 5.88 Å². The van der Waals surface area contributed by atoms with Crippen LogP contribution in [0.15, 0.2) is 28.7 Å². The molecule has 9 heteroatoms. The molecule has 8 nitrogen and oxygen atoms in total. The molecule has 2 aromatic rings. The Morgan fingerprint density at radius 3 is 2.50 bits per heavy atom. The first-order valence-corrected chi connectivity index (χ1v) is 6.31. The first kappa shape index (κ1) is 15.6. The van der Waals surface area contributed by atoms with Crippen LogP contribution in [0, 0.1) is 10.1 Å². The van der Waals surface area contributed by atoms with Gasteiger partial charge in [0.15, 0.2) is 5.76 Å². The normalized spacial score (nSPS) is 10.1. The van der Waals surface area contributed by atoms with Crippen LogP contribution >= 0.6 is 11.6 Å². The van der Waals surface area contributed by atoms with Crippen molar-refractivity contribution in [1.82, 2.24) is 0 Å². The van der Waals surface area contributed by atoms with E-state index in [1.165, 1.54) is 32.4 Å². The highest BCUT2D eigenvalue weighted by Gasteiger charge is 2.19. The highest BCUT2D eigenvalue weighted by atomic mass is 35.5. The number of nitrogens with one attached hydrogen (secondary N) is 1. The molecule has 0 fully saturated rings. The van der Waals surface area contributed by atoms with Crippen molar-refractivity contribution >= 4 is 29.1 Å². The largest absolute Gasteiger partial charge is 0.495 e. The van der Waals surface area contributed by atoms with Crippen LogP contribution < -0.4 is 14.8 Å². The Morgan fingerprint density at radius 1 is 1.27 bits per heavy atom. The molecule has 0 atom stereocenters. The van der Waals surface area contributed by atoms with Gasteiger partial charge in [0, 0.05) is 6.07 Å². The van der Waals surface area contributed by atoms with E-state index in [2.05, 4.69) is 5.32 Å². The Balaban J connectivity index is 2.27.